The van der Waals surface area contributed by atoms with E-state index in [4.69, 9.17) is 4.74 Å². The molecule has 12 heteroatoms. The predicted octanol–water partition coefficient (Wildman–Crippen LogP) is 4.21. The summed E-state index contributed by atoms with van der Waals surface area (Å²) in [7, 11) is -3.37. The van der Waals surface area contributed by atoms with Crippen LogP contribution >= 0.6 is 0 Å². The van der Waals surface area contributed by atoms with Crippen molar-refractivity contribution >= 4 is 26.8 Å². The lowest BCUT2D eigenvalue weighted by atomic mass is 9.95. The normalized spacial score (nSPS) is 19.2. The van der Waals surface area contributed by atoms with E-state index >= 15 is 0 Å². The minimum absolute atomic E-state index is 0.0126. The van der Waals surface area contributed by atoms with Gasteiger partial charge in [0.2, 0.25) is 0 Å². The summed E-state index contributed by atoms with van der Waals surface area (Å²) in [5, 5.41) is 12.7. The van der Waals surface area contributed by atoms with Crippen LogP contribution in [0.25, 0.3) is 11.0 Å². The van der Waals surface area contributed by atoms with Gasteiger partial charge in [0.05, 0.1) is 40.9 Å². The number of aliphatic hydroxyl groups excluding tert-OH is 1. The molecule has 2 unspecified atom stereocenters. The molecule has 0 aliphatic carbocycles. The number of amides is 1. The van der Waals surface area contributed by atoms with E-state index in [-0.39, 0.29) is 36.2 Å². The predicted molar refractivity (Wildman–Crippen MR) is 139 cm³/mol. The van der Waals surface area contributed by atoms with Crippen molar-refractivity contribution in [2.75, 3.05) is 19.0 Å². The zero-order chi connectivity index (χ0) is 28.4. The number of carbonyl (C=O) groups is 1. The van der Waals surface area contributed by atoms with Crippen molar-refractivity contribution in [2.45, 2.75) is 62.9 Å². The number of fused-ring (bicyclic) bond motifs is 1. The van der Waals surface area contributed by atoms with E-state index < -0.39 is 34.1 Å². The molecular formula is C27H32F3N3O5S. The van der Waals surface area contributed by atoms with Crippen molar-refractivity contribution < 1.29 is 36.2 Å². The number of sulfone groups is 1. The summed E-state index contributed by atoms with van der Waals surface area (Å²) in [5.74, 6) is 0.168. The average Bonchev–Trinajstić information content (AvgIpc) is 3.27. The van der Waals surface area contributed by atoms with E-state index in [1.807, 2.05) is 11.5 Å². The molecule has 0 radical (unpaired) electrons. The van der Waals surface area contributed by atoms with Gasteiger partial charge in [-0.3, -0.25) is 4.79 Å². The van der Waals surface area contributed by atoms with Crippen molar-refractivity contribution in [3.8, 4) is 0 Å². The number of aliphatic hydroxyl groups is 1. The van der Waals surface area contributed by atoms with E-state index in [9.17, 15) is 31.5 Å². The number of benzene rings is 2. The largest absolute Gasteiger partial charge is 0.414 e. The van der Waals surface area contributed by atoms with Crippen molar-refractivity contribution in [2.24, 2.45) is 5.92 Å². The molecule has 0 saturated carbocycles. The van der Waals surface area contributed by atoms with Crippen LogP contribution in [0.1, 0.15) is 54.5 Å². The monoisotopic (exact) mass is 567 g/mol. The molecule has 1 saturated heterocycles. The second kappa shape index (κ2) is 11.6. The zero-order valence-corrected chi connectivity index (χ0v) is 22.6. The summed E-state index contributed by atoms with van der Waals surface area (Å²) in [6.07, 6.45) is -5.30. The van der Waals surface area contributed by atoms with Crippen molar-refractivity contribution in [3.63, 3.8) is 0 Å². The lowest BCUT2D eigenvalue weighted by molar-refractivity contribution is -0.235. The topological polar surface area (TPSA) is 111 Å². The quantitative estimate of drug-likeness (QED) is 0.401. The first-order valence-corrected chi connectivity index (χ1v) is 14.5. The van der Waals surface area contributed by atoms with E-state index in [2.05, 4.69) is 10.3 Å². The summed E-state index contributed by atoms with van der Waals surface area (Å²) in [5.41, 5.74) is 2.27. The lowest BCUT2D eigenvalue weighted by Crippen LogP contribution is -2.38. The van der Waals surface area contributed by atoms with Crippen LogP contribution in [-0.2, 0) is 27.5 Å². The number of imidazole rings is 1. The Hall–Kier alpha value is -2.96. The first kappa shape index (κ1) is 29.0. The minimum atomic E-state index is -4.35. The maximum absolute atomic E-state index is 13.0. The third kappa shape index (κ3) is 6.44. The molecule has 2 N–H and O–H groups in total. The molecule has 0 bridgehead atoms. The Morgan fingerprint density at radius 3 is 2.46 bits per heavy atom. The molecule has 0 spiro atoms. The number of aromatic nitrogens is 2. The van der Waals surface area contributed by atoms with Crippen LogP contribution in [0.4, 0.5) is 13.2 Å². The fourth-order valence-electron chi connectivity index (χ4n) is 4.86. The van der Waals surface area contributed by atoms with Gasteiger partial charge in [-0.25, -0.2) is 13.4 Å². The number of hydrogen-bond donors (Lipinski definition) is 2. The van der Waals surface area contributed by atoms with Gasteiger partial charge in [-0.1, -0.05) is 19.1 Å². The third-order valence-corrected chi connectivity index (χ3v) is 8.87. The van der Waals surface area contributed by atoms with E-state index in [0.29, 0.717) is 36.0 Å². The molecule has 212 valence electrons. The molecule has 39 heavy (non-hydrogen) atoms. The number of aryl methyl sites for hydroxylation is 1. The average molecular weight is 568 g/mol. The maximum Gasteiger partial charge on any atom is 0.414 e. The number of alkyl halides is 3. The fourth-order valence-corrected chi connectivity index (χ4v) is 5.75. The number of hydrogen-bond acceptors (Lipinski definition) is 6. The van der Waals surface area contributed by atoms with Gasteiger partial charge in [0.25, 0.3) is 5.91 Å². The SMILES string of the molecule is CCn1c(CC2CCC(C(F)(F)F)OC2)nc2cc(C(=O)N[C@@H](CO)c3ccc(S(=O)(=O)CC)cc3)ccc21. The summed E-state index contributed by atoms with van der Waals surface area (Å²) in [6, 6.07) is 10.4. The molecule has 1 aromatic heterocycles. The molecule has 8 nitrogen and oxygen atoms in total. The number of nitrogens with one attached hydrogen (secondary N) is 1. The van der Waals surface area contributed by atoms with Gasteiger partial charge in [0.1, 0.15) is 5.82 Å². The second-order valence-electron chi connectivity index (χ2n) is 9.67. The number of ether oxygens (including phenoxy) is 1. The van der Waals surface area contributed by atoms with Crippen LogP contribution in [0.5, 0.6) is 0 Å². The summed E-state index contributed by atoms with van der Waals surface area (Å²) < 4.78 is 69.9. The maximum atomic E-state index is 13.0. The Morgan fingerprint density at radius 2 is 1.90 bits per heavy atom. The Kier molecular flexibility index (Phi) is 8.67. The van der Waals surface area contributed by atoms with Gasteiger partial charge in [-0.2, -0.15) is 13.2 Å². The highest BCUT2D eigenvalue weighted by molar-refractivity contribution is 7.91. The van der Waals surface area contributed by atoms with Crippen molar-refractivity contribution in [3.05, 3.63) is 59.4 Å². The molecule has 3 aromatic rings. The molecule has 1 aliphatic heterocycles. The Morgan fingerprint density at radius 1 is 1.18 bits per heavy atom. The Bertz CT molecular complexity index is 1410. The van der Waals surface area contributed by atoms with Gasteiger partial charge in [-0.15, -0.1) is 0 Å². The number of rotatable bonds is 9. The highest BCUT2D eigenvalue weighted by atomic mass is 32.2. The van der Waals surface area contributed by atoms with Crippen LogP contribution in [0.15, 0.2) is 47.4 Å². The van der Waals surface area contributed by atoms with Crippen molar-refractivity contribution in [1.82, 2.24) is 14.9 Å². The van der Waals surface area contributed by atoms with Crippen LogP contribution in [0.2, 0.25) is 0 Å². The third-order valence-electron chi connectivity index (χ3n) is 7.12. The molecule has 4 rings (SSSR count). The number of carbonyl (C=O) groups excluding carboxylic acids is 1. The minimum Gasteiger partial charge on any atom is -0.394 e. The van der Waals surface area contributed by atoms with Crippen molar-refractivity contribution in [1.29, 1.82) is 0 Å². The molecule has 2 aromatic carbocycles. The Balaban J connectivity index is 1.48. The molecule has 1 aliphatic rings. The zero-order valence-electron chi connectivity index (χ0n) is 21.7. The molecule has 1 fully saturated rings. The van der Waals surface area contributed by atoms with Gasteiger partial charge in [0, 0.05) is 18.5 Å². The lowest BCUT2D eigenvalue weighted by Gasteiger charge is -2.30. The van der Waals surface area contributed by atoms with Crippen LogP contribution in [0, 0.1) is 5.92 Å². The standard InChI is InChI=1S/C27H32F3N3O5S/c1-3-33-23-11-8-19(14-21(23)31-25(33)13-17-5-12-24(38-16-17)27(28,29)30)26(35)32-22(15-34)18-6-9-20(10-7-18)39(36,37)4-2/h6-11,14,17,22,24,34H,3-5,12-13,15-16H2,1-2H3,(H,32,35)/t17?,22-,24?/m0/s1. The van der Waals surface area contributed by atoms with Gasteiger partial charge in [0.15, 0.2) is 15.9 Å². The molecular weight excluding hydrogens is 535 g/mol. The highest BCUT2D eigenvalue weighted by Crippen LogP contribution is 2.33. The highest BCUT2D eigenvalue weighted by Gasteiger charge is 2.43. The molecule has 1 amide bonds. The van der Waals surface area contributed by atoms with Crippen LogP contribution < -0.4 is 5.32 Å². The first-order chi connectivity index (χ1) is 18.5. The smallest absolute Gasteiger partial charge is 0.394 e. The van der Waals surface area contributed by atoms with E-state index in [1.54, 1.807) is 37.3 Å². The first-order valence-electron chi connectivity index (χ1n) is 12.9. The summed E-state index contributed by atoms with van der Waals surface area (Å²) >= 11 is 0. The van der Waals surface area contributed by atoms with Gasteiger partial charge in [-0.05, 0) is 61.6 Å². The van der Waals surface area contributed by atoms with Gasteiger partial charge >= 0.3 is 6.18 Å². The summed E-state index contributed by atoms with van der Waals surface area (Å²) in [6.45, 7) is 3.73. The molecule has 2 heterocycles. The van der Waals surface area contributed by atoms with Crippen LogP contribution in [-0.4, -0.2) is 60.2 Å². The molecule has 3 atom stereocenters. The van der Waals surface area contributed by atoms with Gasteiger partial charge < -0.3 is 19.7 Å². The van der Waals surface area contributed by atoms with E-state index in [0.717, 1.165) is 11.3 Å². The summed E-state index contributed by atoms with van der Waals surface area (Å²) in [4.78, 5) is 17.9. The van der Waals surface area contributed by atoms with Crippen LogP contribution in [0.3, 0.4) is 0 Å². The second-order valence-corrected chi connectivity index (χ2v) is 11.9. The fraction of sp³-hybridized carbons (Fsp3) is 0.481. The Labute approximate surface area is 225 Å². The number of nitrogens with zero attached hydrogens (tertiary/aromatic N) is 2. The van der Waals surface area contributed by atoms with E-state index in [1.165, 1.54) is 12.1 Å². The number of halogens is 3.